The second kappa shape index (κ2) is 6.60. The standard InChI is InChI=1S/C17H18N2O4S/c1-2-23-13-5-3-11(4-6-13)15-18-12(10-24-15)9-14(20)19-17(7-8-17)16(21)22/h3-6,10H,2,7-9H2,1H3,(H,19,20)(H,21,22). The van der Waals surface area contributed by atoms with Gasteiger partial charge in [-0.1, -0.05) is 0 Å². The van der Waals surface area contributed by atoms with Crippen LogP contribution in [0.5, 0.6) is 5.75 Å². The minimum atomic E-state index is -1.05. The molecule has 3 rings (SSSR count). The van der Waals surface area contributed by atoms with Crippen molar-refractivity contribution >= 4 is 23.2 Å². The number of carbonyl (C=O) groups is 2. The molecular weight excluding hydrogens is 328 g/mol. The number of hydrogen-bond donors (Lipinski definition) is 2. The lowest BCUT2D eigenvalue weighted by Crippen LogP contribution is -2.43. The van der Waals surface area contributed by atoms with Gasteiger partial charge in [-0.15, -0.1) is 11.3 Å². The molecule has 2 N–H and O–H groups in total. The molecule has 0 saturated heterocycles. The van der Waals surface area contributed by atoms with Gasteiger partial charge in [0.25, 0.3) is 0 Å². The van der Waals surface area contributed by atoms with Crippen molar-refractivity contribution in [3.8, 4) is 16.3 Å². The topological polar surface area (TPSA) is 88.5 Å². The molecule has 1 saturated carbocycles. The van der Waals surface area contributed by atoms with E-state index < -0.39 is 11.5 Å². The first kappa shape index (κ1) is 16.4. The Labute approximate surface area is 143 Å². The van der Waals surface area contributed by atoms with Crippen molar-refractivity contribution < 1.29 is 19.4 Å². The van der Waals surface area contributed by atoms with Crippen LogP contribution in [0, 0.1) is 0 Å². The normalized spacial score (nSPS) is 14.9. The van der Waals surface area contributed by atoms with Crippen LogP contribution >= 0.6 is 11.3 Å². The summed E-state index contributed by atoms with van der Waals surface area (Å²) in [6.07, 6.45) is 1.06. The maximum Gasteiger partial charge on any atom is 0.329 e. The predicted molar refractivity (Wildman–Crippen MR) is 90.2 cm³/mol. The van der Waals surface area contributed by atoms with Crippen LogP contribution in [0.1, 0.15) is 25.5 Å². The lowest BCUT2D eigenvalue weighted by atomic mass is 10.2. The van der Waals surface area contributed by atoms with Gasteiger partial charge in [-0.2, -0.15) is 0 Å². The molecule has 0 bridgehead atoms. The number of amides is 1. The van der Waals surface area contributed by atoms with Crippen LogP contribution < -0.4 is 10.1 Å². The Morgan fingerprint density at radius 3 is 2.62 bits per heavy atom. The molecule has 0 unspecified atom stereocenters. The highest BCUT2D eigenvalue weighted by atomic mass is 32.1. The number of benzene rings is 1. The molecule has 1 amide bonds. The summed E-state index contributed by atoms with van der Waals surface area (Å²) in [5.74, 6) is -0.469. The minimum absolute atomic E-state index is 0.0859. The third-order valence-electron chi connectivity index (χ3n) is 3.84. The van der Waals surface area contributed by atoms with Crippen LogP contribution in [-0.4, -0.2) is 34.1 Å². The number of aliphatic carboxylic acids is 1. The quantitative estimate of drug-likeness (QED) is 0.804. The molecule has 0 spiro atoms. The van der Waals surface area contributed by atoms with Crippen molar-refractivity contribution in [1.82, 2.24) is 10.3 Å². The van der Waals surface area contributed by atoms with E-state index in [-0.39, 0.29) is 12.3 Å². The van der Waals surface area contributed by atoms with Crippen molar-refractivity contribution in [3.63, 3.8) is 0 Å². The molecule has 1 heterocycles. The molecule has 0 radical (unpaired) electrons. The van der Waals surface area contributed by atoms with E-state index >= 15 is 0 Å². The number of carboxylic acid groups (broad SMARTS) is 1. The summed E-state index contributed by atoms with van der Waals surface area (Å²) in [6, 6.07) is 7.63. The molecular formula is C17H18N2O4S. The predicted octanol–water partition coefficient (Wildman–Crippen LogP) is 2.48. The van der Waals surface area contributed by atoms with Gasteiger partial charge < -0.3 is 15.2 Å². The van der Waals surface area contributed by atoms with E-state index in [1.165, 1.54) is 11.3 Å². The zero-order valence-corrected chi connectivity index (χ0v) is 14.1. The molecule has 126 valence electrons. The first-order chi connectivity index (χ1) is 11.5. The number of hydrogen-bond acceptors (Lipinski definition) is 5. The first-order valence-corrected chi connectivity index (χ1v) is 8.62. The molecule has 0 atom stereocenters. The molecule has 1 fully saturated rings. The SMILES string of the molecule is CCOc1ccc(-c2nc(CC(=O)NC3(C(=O)O)CC3)cs2)cc1. The van der Waals surface area contributed by atoms with Crippen LogP contribution in [-0.2, 0) is 16.0 Å². The molecule has 2 aromatic rings. The first-order valence-electron chi connectivity index (χ1n) is 7.74. The molecule has 7 heteroatoms. The Morgan fingerprint density at radius 2 is 2.04 bits per heavy atom. The van der Waals surface area contributed by atoms with Gasteiger partial charge in [0.05, 0.1) is 18.7 Å². The number of nitrogens with zero attached hydrogens (tertiary/aromatic N) is 1. The Hall–Kier alpha value is -2.41. The second-order valence-corrected chi connectivity index (χ2v) is 6.57. The van der Waals surface area contributed by atoms with Gasteiger partial charge in [0.1, 0.15) is 16.3 Å². The van der Waals surface area contributed by atoms with Crippen molar-refractivity contribution in [2.24, 2.45) is 0 Å². The molecule has 1 aromatic heterocycles. The number of aromatic nitrogens is 1. The van der Waals surface area contributed by atoms with Crippen molar-refractivity contribution in [2.45, 2.75) is 31.7 Å². The van der Waals surface area contributed by atoms with Gasteiger partial charge in [-0.25, -0.2) is 9.78 Å². The van der Waals surface area contributed by atoms with Crippen LogP contribution in [0.25, 0.3) is 10.6 Å². The minimum Gasteiger partial charge on any atom is -0.494 e. The van der Waals surface area contributed by atoms with Gasteiger partial charge in [-0.05, 0) is 44.0 Å². The summed E-state index contributed by atoms with van der Waals surface area (Å²) >= 11 is 1.46. The van der Waals surface area contributed by atoms with E-state index in [4.69, 9.17) is 9.84 Å². The number of rotatable bonds is 7. The summed E-state index contributed by atoms with van der Waals surface area (Å²) in [5, 5.41) is 14.3. The van der Waals surface area contributed by atoms with E-state index in [2.05, 4.69) is 10.3 Å². The number of carboxylic acids is 1. The number of ether oxygens (including phenoxy) is 1. The third-order valence-corrected chi connectivity index (χ3v) is 4.78. The van der Waals surface area contributed by atoms with Crippen molar-refractivity contribution in [2.75, 3.05) is 6.61 Å². The van der Waals surface area contributed by atoms with E-state index in [1.54, 1.807) is 0 Å². The average Bonchev–Trinajstić information content (AvgIpc) is 3.19. The van der Waals surface area contributed by atoms with Gasteiger partial charge in [0, 0.05) is 10.9 Å². The Kier molecular flexibility index (Phi) is 4.53. The van der Waals surface area contributed by atoms with Gasteiger partial charge in [-0.3, -0.25) is 4.79 Å². The van der Waals surface area contributed by atoms with Gasteiger partial charge in [0.2, 0.25) is 5.91 Å². The number of carbonyl (C=O) groups excluding carboxylic acids is 1. The number of thiazole rings is 1. The summed E-state index contributed by atoms with van der Waals surface area (Å²) in [5.41, 5.74) is 0.548. The highest BCUT2D eigenvalue weighted by molar-refractivity contribution is 7.13. The average molecular weight is 346 g/mol. The Morgan fingerprint density at radius 1 is 1.33 bits per heavy atom. The zero-order chi connectivity index (χ0) is 17.2. The monoisotopic (exact) mass is 346 g/mol. The Bertz CT molecular complexity index is 750. The Balaban J connectivity index is 1.63. The van der Waals surface area contributed by atoms with E-state index in [0.29, 0.717) is 25.1 Å². The molecule has 24 heavy (non-hydrogen) atoms. The second-order valence-electron chi connectivity index (χ2n) is 5.71. The smallest absolute Gasteiger partial charge is 0.329 e. The van der Waals surface area contributed by atoms with Crippen molar-refractivity contribution in [3.05, 3.63) is 35.3 Å². The lowest BCUT2D eigenvalue weighted by molar-refractivity contribution is -0.143. The zero-order valence-electron chi connectivity index (χ0n) is 13.2. The summed E-state index contributed by atoms with van der Waals surface area (Å²) in [6.45, 7) is 2.55. The fourth-order valence-corrected chi connectivity index (χ4v) is 3.20. The van der Waals surface area contributed by atoms with E-state index in [1.807, 2.05) is 36.6 Å². The van der Waals surface area contributed by atoms with Crippen LogP contribution in [0.2, 0.25) is 0 Å². The van der Waals surface area contributed by atoms with Crippen LogP contribution in [0.3, 0.4) is 0 Å². The highest BCUT2D eigenvalue weighted by Gasteiger charge is 2.51. The molecule has 1 aliphatic rings. The fourth-order valence-electron chi connectivity index (χ4n) is 2.37. The van der Waals surface area contributed by atoms with Crippen LogP contribution in [0.4, 0.5) is 0 Å². The van der Waals surface area contributed by atoms with E-state index in [0.717, 1.165) is 16.3 Å². The molecule has 1 aliphatic carbocycles. The van der Waals surface area contributed by atoms with Gasteiger partial charge >= 0.3 is 5.97 Å². The summed E-state index contributed by atoms with van der Waals surface area (Å²) in [7, 11) is 0. The fraction of sp³-hybridized carbons (Fsp3) is 0.353. The summed E-state index contributed by atoms with van der Waals surface area (Å²) < 4.78 is 5.41. The van der Waals surface area contributed by atoms with Gasteiger partial charge in [0.15, 0.2) is 0 Å². The third kappa shape index (κ3) is 3.56. The van der Waals surface area contributed by atoms with E-state index in [9.17, 15) is 9.59 Å². The highest BCUT2D eigenvalue weighted by Crippen LogP contribution is 2.35. The molecule has 6 nitrogen and oxygen atoms in total. The largest absolute Gasteiger partial charge is 0.494 e. The van der Waals surface area contributed by atoms with Crippen molar-refractivity contribution in [1.29, 1.82) is 0 Å². The summed E-state index contributed by atoms with van der Waals surface area (Å²) in [4.78, 5) is 27.6. The molecule has 0 aliphatic heterocycles. The lowest BCUT2D eigenvalue weighted by Gasteiger charge is -2.11. The van der Waals surface area contributed by atoms with Crippen LogP contribution in [0.15, 0.2) is 29.6 Å². The maximum atomic E-state index is 12.0. The number of nitrogens with one attached hydrogen (secondary N) is 1. The maximum absolute atomic E-state index is 12.0. The molecule has 1 aromatic carbocycles.